The Kier molecular flexibility index (Phi) is 5.26. The van der Waals surface area contributed by atoms with Gasteiger partial charge >= 0.3 is 7.12 Å². The van der Waals surface area contributed by atoms with Gasteiger partial charge in [0.2, 0.25) is 0 Å². The molecule has 5 aromatic rings. The monoisotopic (exact) mass is 537 g/mol. The summed E-state index contributed by atoms with van der Waals surface area (Å²) in [5.74, 6) is 0.305. The molecule has 2 aliphatic heterocycles. The zero-order chi connectivity index (χ0) is 27.9. The van der Waals surface area contributed by atoms with Crippen molar-refractivity contribution in [3.63, 3.8) is 0 Å². The van der Waals surface area contributed by atoms with E-state index in [0.717, 1.165) is 44.2 Å². The fourth-order valence-electron chi connectivity index (χ4n) is 6.61. The maximum Gasteiger partial charge on any atom is 0.494 e. The maximum absolute atomic E-state index is 6.58. The van der Waals surface area contributed by atoms with E-state index in [1.54, 1.807) is 0 Å². The fourth-order valence-corrected chi connectivity index (χ4v) is 6.61. The number of furan rings is 1. The van der Waals surface area contributed by atoms with Crippen LogP contribution in [0.15, 0.2) is 114 Å². The SMILES string of the molecule is CC1(C)OB(c2cc(-c3cccc4c3oc3ccccc34)cc(N3c4ccccc4C4C=CC=CC43)c2)OC1(C)C. The zero-order valence-corrected chi connectivity index (χ0v) is 23.8. The van der Waals surface area contributed by atoms with Crippen molar-refractivity contribution in [3.05, 3.63) is 115 Å². The first-order valence-electron chi connectivity index (χ1n) is 14.5. The molecular weight excluding hydrogens is 505 g/mol. The zero-order valence-electron chi connectivity index (χ0n) is 23.8. The fraction of sp³-hybridized carbons (Fsp3) is 0.222. The number of hydrogen-bond donors (Lipinski definition) is 0. The number of para-hydroxylation sites is 3. The summed E-state index contributed by atoms with van der Waals surface area (Å²) in [6.07, 6.45) is 8.95. The van der Waals surface area contributed by atoms with Crippen molar-refractivity contribution >= 4 is 45.9 Å². The van der Waals surface area contributed by atoms with Gasteiger partial charge in [-0.3, -0.25) is 0 Å². The van der Waals surface area contributed by atoms with Gasteiger partial charge in [-0.25, -0.2) is 0 Å². The molecule has 8 rings (SSSR count). The third kappa shape index (κ3) is 3.69. The highest BCUT2D eigenvalue weighted by molar-refractivity contribution is 6.62. The first kappa shape index (κ1) is 24.7. The van der Waals surface area contributed by atoms with E-state index in [-0.39, 0.29) is 6.04 Å². The van der Waals surface area contributed by atoms with Crippen LogP contribution >= 0.6 is 0 Å². The molecule has 0 spiro atoms. The predicted octanol–water partition coefficient (Wildman–Crippen LogP) is 8.28. The lowest BCUT2D eigenvalue weighted by atomic mass is 9.77. The number of benzene rings is 4. The van der Waals surface area contributed by atoms with Gasteiger partial charge in [0.05, 0.1) is 17.2 Å². The van der Waals surface area contributed by atoms with Crippen molar-refractivity contribution in [1.29, 1.82) is 0 Å². The lowest BCUT2D eigenvalue weighted by molar-refractivity contribution is 0.00578. The summed E-state index contributed by atoms with van der Waals surface area (Å²) in [6, 6.07) is 30.4. The summed E-state index contributed by atoms with van der Waals surface area (Å²) in [7, 11) is -0.482. The van der Waals surface area contributed by atoms with Gasteiger partial charge in [-0.15, -0.1) is 0 Å². The van der Waals surface area contributed by atoms with Crippen molar-refractivity contribution in [2.75, 3.05) is 4.90 Å². The third-order valence-corrected chi connectivity index (χ3v) is 9.42. The van der Waals surface area contributed by atoms with Crippen molar-refractivity contribution in [2.24, 2.45) is 0 Å². The summed E-state index contributed by atoms with van der Waals surface area (Å²) in [6.45, 7) is 8.42. The van der Waals surface area contributed by atoms with Crippen LogP contribution in [0.4, 0.5) is 11.4 Å². The summed E-state index contributed by atoms with van der Waals surface area (Å²) in [5, 5.41) is 2.25. The Morgan fingerprint density at radius 1 is 0.732 bits per heavy atom. The summed E-state index contributed by atoms with van der Waals surface area (Å²) in [5.41, 5.74) is 7.75. The number of hydrogen-bond acceptors (Lipinski definition) is 4. The lowest BCUT2D eigenvalue weighted by Crippen LogP contribution is -2.41. The van der Waals surface area contributed by atoms with Gasteiger partial charge in [-0.1, -0.05) is 85.0 Å². The molecule has 4 nitrogen and oxygen atoms in total. The lowest BCUT2D eigenvalue weighted by Gasteiger charge is -2.32. The van der Waals surface area contributed by atoms with E-state index in [1.165, 1.54) is 11.3 Å². The predicted molar refractivity (Wildman–Crippen MR) is 168 cm³/mol. The second kappa shape index (κ2) is 8.72. The standard InChI is InChI=1S/C36H32BNO3/c1-35(2)36(3,4)41-37(40-35)24-20-23(26-15-11-16-30-29-14-7-10-19-33(29)39-34(26)30)21-25(22-24)38-31-17-8-5-12-27(31)28-13-6-9-18-32(28)38/h5-22,27,31H,1-4H3. The second-order valence-electron chi connectivity index (χ2n) is 12.4. The second-order valence-corrected chi connectivity index (χ2v) is 12.4. The Hall–Kier alpha value is -4.06. The molecule has 202 valence electrons. The van der Waals surface area contributed by atoms with Gasteiger partial charge in [0, 0.05) is 33.6 Å². The van der Waals surface area contributed by atoms with E-state index in [1.807, 2.05) is 12.1 Å². The molecule has 1 aromatic heterocycles. The third-order valence-electron chi connectivity index (χ3n) is 9.42. The van der Waals surface area contributed by atoms with Gasteiger partial charge in [-0.2, -0.15) is 0 Å². The van der Waals surface area contributed by atoms with E-state index in [9.17, 15) is 0 Å². The van der Waals surface area contributed by atoms with Gasteiger partial charge in [0.1, 0.15) is 11.2 Å². The van der Waals surface area contributed by atoms with Gasteiger partial charge in [0.25, 0.3) is 0 Å². The molecule has 41 heavy (non-hydrogen) atoms. The van der Waals surface area contributed by atoms with E-state index < -0.39 is 18.3 Å². The van der Waals surface area contributed by atoms with E-state index >= 15 is 0 Å². The van der Waals surface area contributed by atoms with Crippen molar-refractivity contribution in [3.8, 4) is 11.1 Å². The Bertz CT molecular complexity index is 1880. The average molecular weight is 537 g/mol. The Balaban J connectivity index is 1.35. The largest absolute Gasteiger partial charge is 0.494 e. The summed E-state index contributed by atoms with van der Waals surface area (Å²) >= 11 is 0. The minimum Gasteiger partial charge on any atom is -0.455 e. The van der Waals surface area contributed by atoms with Crippen LogP contribution in [0, 0.1) is 0 Å². The highest BCUT2D eigenvalue weighted by Crippen LogP contribution is 2.48. The number of nitrogens with zero attached hydrogens (tertiary/aromatic N) is 1. The van der Waals surface area contributed by atoms with Crippen LogP contribution in [-0.4, -0.2) is 24.4 Å². The van der Waals surface area contributed by atoms with Crippen LogP contribution in [0.1, 0.15) is 39.2 Å². The molecule has 1 aliphatic carbocycles. The highest BCUT2D eigenvalue weighted by atomic mass is 16.7. The molecule has 0 saturated carbocycles. The maximum atomic E-state index is 6.58. The van der Waals surface area contributed by atoms with Crippen LogP contribution in [0.5, 0.6) is 0 Å². The molecule has 1 saturated heterocycles. The number of rotatable bonds is 3. The first-order valence-corrected chi connectivity index (χ1v) is 14.5. The van der Waals surface area contributed by atoms with Crippen LogP contribution in [0.25, 0.3) is 33.1 Å². The number of fused-ring (bicyclic) bond motifs is 6. The van der Waals surface area contributed by atoms with E-state index in [2.05, 4.69) is 130 Å². The molecule has 4 aromatic carbocycles. The van der Waals surface area contributed by atoms with Crippen molar-refractivity contribution in [1.82, 2.24) is 0 Å². The summed E-state index contributed by atoms with van der Waals surface area (Å²) < 4.78 is 19.6. The molecule has 0 radical (unpaired) electrons. The molecule has 1 fully saturated rings. The normalized spacial score (nSPS) is 22.0. The number of anilines is 2. The first-order chi connectivity index (χ1) is 19.8. The Labute approximate surface area is 241 Å². The van der Waals surface area contributed by atoms with E-state index in [0.29, 0.717) is 5.92 Å². The van der Waals surface area contributed by atoms with E-state index in [4.69, 9.17) is 13.7 Å². The minimum absolute atomic E-state index is 0.195. The minimum atomic E-state index is -0.482. The Morgan fingerprint density at radius 3 is 2.32 bits per heavy atom. The topological polar surface area (TPSA) is 34.8 Å². The molecule has 5 heteroatoms. The van der Waals surface area contributed by atoms with Crippen molar-refractivity contribution in [2.45, 2.75) is 50.9 Å². The van der Waals surface area contributed by atoms with Crippen LogP contribution in [0.3, 0.4) is 0 Å². The van der Waals surface area contributed by atoms with Crippen LogP contribution < -0.4 is 10.4 Å². The molecule has 3 aliphatic rings. The van der Waals surface area contributed by atoms with Gasteiger partial charge in [-0.05, 0) is 68.6 Å². The van der Waals surface area contributed by atoms with Crippen LogP contribution in [0.2, 0.25) is 0 Å². The molecule has 3 heterocycles. The molecular formula is C36H32BNO3. The molecule has 0 amide bonds. The highest BCUT2D eigenvalue weighted by Gasteiger charge is 2.52. The number of allylic oxidation sites excluding steroid dienone is 2. The summed E-state index contributed by atoms with van der Waals surface area (Å²) in [4.78, 5) is 2.47. The van der Waals surface area contributed by atoms with Gasteiger partial charge < -0.3 is 18.6 Å². The molecule has 0 N–H and O–H groups in total. The van der Waals surface area contributed by atoms with Crippen molar-refractivity contribution < 1.29 is 13.7 Å². The quantitative estimate of drug-likeness (QED) is 0.217. The smallest absolute Gasteiger partial charge is 0.455 e. The molecule has 2 unspecified atom stereocenters. The average Bonchev–Trinajstić information content (AvgIpc) is 3.59. The Morgan fingerprint density at radius 2 is 1.46 bits per heavy atom. The molecule has 2 atom stereocenters. The van der Waals surface area contributed by atoms with Crippen LogP contribution in [-0.2, 0) is 9.31 Å². The van der Waals surface area contributed by atoms with Gasteiger partial charge in [0.15, 0.2) is 0 Å². The molecule has 0 bridgehead atoms.